The predicted molar refractivity (Wildman–Crippen MR) is 77.1 cm³/mol. The van der Waals surface area contributed by atoms with E-state index < -0.39 is 5.97 Å². The van der Waals surface area contributed by atoms with E-state index in [2.05, 4.69) is 15.3 Å². The predicted octanol–water partition coefficient (Wildman–Crippen LogP) is 3.03. The second kappa shape index (κ2) is 4.59. The van der Waals surface area contributed by atoms with Crippen molar-refractivity contribution in [1.82, 2.24) is 9.97 Å². The van der Waals surface area contributed by atoms with Gasteiger partial charge in [0, 0.05) is 6.20 Å². The highest BCUT2D eigenvalue weighted by atomic mass is 35.5. The number of cyclic esters (lactones) is 1. The number of aromatic nitrogens is 2. The van der Waals surface area contributed by atoms with Crippen molar-refractivity contribution in [2.75, 3.05) is 11.9 Å². The van der Waals surface area contributed by atoms with Crippen molar-refractivity contribution >= 4 is 34.3 Å². The van der Waals surface area contributed by atoms with Crippen LogP contribution in [0, 0.1) is 0 Å². The SMILES string of the molecule is CC[C@]1(C)COC(=O)c2c(Cl)nc3cccnc3c2N1. The van der Waals surface area contributed by atoms with Gasteiger partial charge < -0.3 is 10.1 Å². The highest BCUT2D eigenvalue weighted by molar-refractivity contribution is 6.34. The molecule has 0 spiro atoms. The number of fused-ring (bicyclic) bond motifs is 3. The van der Waals surface area contributed by atoms with E-state index in [9.17, 15) is 4.79 Å². The molecule has 1 N–H and O–H groups in total. The van der Waals surface area contributed by atoms with Gasteiger partial charge in [0.1, 0.15) is 22.8 Å². The van der Waals surface area contributed by atoms with Crippen LogP contribution in [-0.2, 0) is 4.74 Å². The zero-order valence-electron chi connectivity index (χ0n) is 11.2. The van der Waals surface area contributed by atoms with E-state index in [0.29, 0.717) is 16.7 Å². The molecule has 0 saturated heterocycles. The van der Waals surface area contributed by atoms with E-state index in [1.165, 1.54) is 0 Å². The Morgan fingerprint density at radius 1 is 1.55 bits per heavy atom. The quantitative estimate of drug-likeness (QED) is 0.646. The van der Waals surface area contributed by atoms with Crippen molar-refractivity contribution in [2.45, 2.75) is 25.8 Å². The summed E-state index contributed by atoms with van der Waals surface area (Å²) in [6, 6.07) is 3.60. The van der Waals surface area contributed by atoms with Crippen molar-refractivity contribution in [3.8, 4) is 0 Å². The van der Waals surface area contributed by atoms with Crippen LogP contribution in [0.15, 0.2) is 18.3 Å². The van der Waals surface area contributed by atoms with Crippen LogP contribution >= 0.6 is 11.6 Å². The molecule has 0 unspecified atom stereocenters. The molecule has 0 bridgehead atoms. The van der Waals surface area contributed by atoms with Crippen molar-refractivity contribution in [3.05, 3.63) is 29.0 Å². The van der Waals surface area contributed by atoms with Crippen LogP contribution < -0.4 is 5.32 Å². The average molecular weight is 292 g/mol. The maximum atomic E-state index is 12.2. The van der Waals surface area contributed by atoms with Gasteiger partial charge in [-0.25, -0.2) is 9.78 Å². The highest BCUT2D eigenvalue weighted by Gasteiger charge is 2.33. The Morgan fingerprint density at radius 2 is 2.35 bits per heavy atom. The third kappa shape index (κ3) is 1.98. The summed E-state index contributed by atoms with van der Waals surface area (Å²) < 4.78 is 5.31. The van der Waals surface area contributed by atoms with Gasteiger partial charge in [0.2, 0.25) is 0 Å². The molecule has 2 aromatic rings. The van der Waals surface area contributed by atoms with Gasteiger partial charge in [-0.05, 0) is 25.5 Å². The second-order valence-corrected chi connectivity index (χ2v) is 5.50. The number of nitrogens with one attached hydrogen (secondary N) is 1. The fourth-order valence-corrected chi connectivity index (χ4v) is 2.46. The molecule has 0 saturated carbocycles. The first-order valence-electron chi connectivity index (χ1n) is 6.43. The van der Waals surface area contributed by atoms with E-state index >= 15 is 0 Å². The molecule has 5 nitrogen and oxygen atoms in total. The maximum absolute atomic E-state index is 12.2. The number of carbonyl (C=O) groups excluding carboxylic acids is 1. The minimum Gasteiger partial charge on any atom is -0.459 e. The number of carbonyl (C=O) groups is 1. The molecule has 20 heavy (non-hydrogen) atoms. The normalized spacial score (nSPS) is 21.9. The summed E-state index contributed by atoms with van der Waals surface area (Å²) in [5.74, 6) is -0.463. The summed E-state index contributed by atoms with van der Waals surface area (Å²) >= 11 is 6.15. The fraction of sp³-hybridized carbons (Fsp3) is 0.357. The highest BCUT2D eigenvalue weighted by Crippen LogP contribution is 2.35. The van der Waals surface area contributed by atoms with Gasteiger partial charge in [-0.15, -0.1) is 0 Å². The Balaban J connectivity index is 2.32. The van der Waals surface area contributed by atoms with Crippen LogP contribution in [0.2, 0.25) is 5.15 Å². The lowest BCUT2D eigenvalue weighted by molar-refractivity contribution is 0.0449. The van der Waals surface area contributed by atoms with E-state index in [-0.39, 0.29) is 22.9 Å². The topological polar surface area (TPSA) is 64.1 Å². The number of ether oxygens (including phenoxy) is 1. The molecular formula is C14H14ClN3O2. The molecule has 1 aliphatic heterocycles. The van der Waals surface area contributed by atoms with Gasteiger partial charge in [0.05, 0.1) is 16.7 Å². The third-order valence-electron chi connectivity index (χ3n) is 3.63. The summed E-state index contributed by atoms with van der Waals surface area (Å²) in [5.41, 5.74) is 1.79. The van der Waals surface area contributed by atoms with Gasteiger partial charge in [0.25, 0.3) is 0 Å². The number of hydrogen-bond donors (Lipinski definition) is 1. The molecule has 3 heterocycles. The molecule has 104 valence electrons. The van der Waals surface area contributed by atoms with Gasteiger partial charge in [-0.3, -0.25) is 4.98 Å². The lowest BCUT2D eigenvalue weighted by Crippen LogP contribution is -2.38. The largest absolute Gasteiger partial charge is 0.459 e. The minimum absolute atomic E-state index is 0.137. The van der Waals surface area contributed by atoms with E-state index in [1.807, 2.05) is 19.9 Å². The van der Waals surface area contributed by atoms with E-state index in [0.717, 1.165) is 6.42 Å². The van der Waals surface area contributed by atoms with Crippen LogP contribution in [-0.4, -0.2) is 28.1 Å². The van der Waals surface area contributed by atoms with Crippen molar-refractivity contribution in [1.29, 1.82) is 0 Å². The van der Waals surface area contributed by atoms with Gasteiger partial charge in [-0.1, -0.05) is 18.5 Å². The third-order valence-corrected chi connectivity index (χ3v) is 3.90. The Labute approximate surface area is 121 Å². The first-order valence-corrected chi connectivity index (χ1v) is 6.81. The number of rotatable bonds is 1. The molecule has 0 radical (unpaired) electrons. The van der Waals surface area contributed by atoms with Crippen LogP contribution in [0.4, 0.5) is 5.69 Å². The van der Waals surface area contributed by atoms with Crippen molar-refractivity contribution < 1.29 is 9.53 Å². The molecule has 0 aromatic carbocycles. The monoisotopic (exact) mass is 291 g/mol. The molecule has 0 aliphatic carbocycles. The van der Waals surface area contributed by atoms with Gasteiger partial charge >= 0.3 is 5.97 Å². The standard InChI is InChI=1S/C14H14ClN3O2/c1-3-14(2)7-20-13(19)9-11(18-14)10-8(17-12(9)15)5-4-6-16-10/h4-6,18H,3,7H2,1-2H3/t14-/m1/s1. The van der Waals surface area contributed by atoms with Crippen molar-refractivity contribution in [2.24, 2.45) is 0 Å². The number of anilines is 1. The van der Waals surface area contributed by atoms with Crippen LogP contribution in [0.5, 0.6) is 0 Å². The first kappa shape index (κ1) is 13.1. The Morgan fingerprint density at radius 3 is 3.10 bits per heavy atom. The second-order valence-electron chi connectivity index (χ2n) is 5.14. The molecule has 1 aliphatic rings. The van der Waals surface area contributed by atoms with Gasteiger partial charge in [0.15, 0.2) is 0 Å². The fourth-order valence-electron chi connectivity index (χ4n) is 2.20. The van der Waals surface area contributed by atoms with Gasteiger partial charge in [-0.2, -0.15) is 0 Å². The lowest BCUT2D eigenvalue weighted by Gasteiger charge is -2.28. The van der Waals surface area contributed by atoms with Crippen LogP contribution in [0.1, 0.15) is 30.6 Å². The summed E-state index contributed by atoms with van der Waals surface area (Å²) in [4.78, 5) is 20.7. The minimum atomic E-state index is -0.463. The Bertz CT molecular complexity index is 704. The zero-order valence-corrected chi connectivity index (χ0v) is 12.0. The number of pyridine rings is 2. The number of hydrogen-bond acceptors (Lipinski definition) is 5. The number of nitrogens with zero attached hydrogens (tertiary/aromatic N) is 2. The smallest absolute Gasteiger partial charge is 0.343 e. The summed E-state index contributed by atoms with van der Waals surface area (Å²) in [5, 5.41) is 3.50. The Kier molecular flexibility index (Phi) is 3.01. The lowest BCUT2D eigenvalue weighted by atomic mass is 9.99. The van der Waals surface area contributed by atoms with Crippen molar-refractivity contribution in [3.63, 3.8) is 0 Å². The molecule has 0 amide bonds. The summed E-state index contributed by atoms with van der Waals surface area (Å²) in [6.07, 6.45) is 2.47. The van der Waals surface area contributed by atoms with Crippen LogP contribution in [0.3, 0.4) is 0 Å². The molecule has 0 fully saturated rings. The number of halogens is 1. The van der Waals surface area contributed by atoms with Crippen LogP contribution in [0.25, 0.3) is 11.0 Å². The summed E-state index contributed by atoms with van der Waals surface area (Å²) in [7, 11) is 0. The number of esters is 1. The molecule has 3 rings (SSSR count). The van der Waals surface area contributed by atoms with E-state index in [1.54, 1.807) is 12.3 Å². The van der Waals surface area contributed by atoms with E-state index in [4.69, 9.17) is 16.3 Å². The molecular weight excluding hydrogens is 278 g/mol. The summed E-state index contributed by atoms with van der Waals surface area (Å²) in [6.45, 7) is 4.31. The average Bonchev–Trinajstić information content (AvgIpc) is 2.58. The first-order chi connectivity index (χ1) is 9.54. The zero-order chi connectivity index (χ0) is 14.3. The molecule has 6 heteroatoms. The maximum Gasteiger partial charge on any atom is 0.343 e. The Hall–Kier alpha value is -1.88. The molecule has 2 aromatic heterocycles. The molecule has 1 atom stereocenters.